The maximum atomic E-state index is 12.9. The molecule has 0 spiro atoms. The van der Waals surface area contributed by atoms with Gasteiger partial charge in [-0.3, -0.25) is 14.0 Å². The van der Waals surface area contributed by atoms with Gasteiger partial charge in [0.2, 0.25) is 5.78 Å². The molecule has 0 saturated carbocycles. The molecule has 0 radical (unpaired) electrons. The Morgan fingerprint density at radius 2 is 1.77 bits per heavy atom. The summed E-state index contributed by atoms with van der Waals surface area (Å²) in [5.74, 6) is 0.240. The number of nitrogens with zero attached hydrogens (tertiary/aromatic N) is 5. The lowest BCUT2D eigenvalue weighted by molar-refractivity contribution is 0.102. The average Bonchev–Trinajstić information content (AvgIpc) is 3.21. The van der Waals surface area contributed by atoms with Crippen molar-refractivity contribution in [2.75, 3.05) is 5.32 Å². The van der Waals surface area contributed by atoms with E-state index in [0.29, 0.717) is 22.2 Å². The third-order valence-corrected chi connectivity index (χ3v) is 4.85. The number of hydrogen-bond acceptors (Lipinski definition) is 5. The average molecular weight is 396 g/mol. The van der Waals surface area contributed by atoms with Gasteiger partial charge in [-0.25, -0.2) is 14.6 Å². The van der Waals surface area contributed by atoms with Gasteiger partial charge in [-0.2, -0.15) is 5.10 Å². The molecule has 8 nitrogen and oxygen atoms in total. The van der Waals surface area contributed by atoms with Gasteiger partial charge in [0, 0.05) is 42.3 Å². The van der Waals surface area contributed by atoms with Crippen LogP contribution in [0.25, 0.3) is 27.8 Å². The summed E-state index contributed by atoms with van der Waals surface area (Å²) in [5, 5.41) is 7.98. The highest BCUT2D eigenvalue weighted by Gasteiger charge is 2.16. The van der Waals surface area contributed by atoms with Crippen LogP contribution in [0.15, 0.2) is 78.0 Å². The van der Waals surface area contributed by atoms with E-state index in [9.17, 15) is 9.59 Å². The number of imidazole rings is 1. The van der Waals surface area contributed by atoms with Crippen LogP contribution in [0.2, 0.25) is 0 Å². The molecule has 0 atom stereocenters. The summed E-state index contributed by atoms with van der Waals surface area (Å²) in [6.07, 6.45) is 5.48. The van der Waals surface area contributed by atoms with Gasteiger partial charge in [-0.05, 0) is 24.3 Å². The summed E-state index contributed by atoms with van der Waals surface area (Å²) >= 11 is 0. The van der Waals surface area contributed by atoms with Crippen LogP contribution in [0.5, 0.6) is 0 Å². The van der Waals surface area contributed by atoms with Gasteiger partial charge in [0.25, 0.3) is 11.5 Å². The van der Waals surface area contributed by atoms with Crippen molar-refractivity contribution in [3.8, 4) is 11.3 Å². The van der Waals surface area contributed by atoms with Crippen LogP contribution in [0.3, 0.4) is 0 Å². The summed E-state index contributed by atoms with van der Waals surface area (Å²) in [7, 11) is 1.53. The normalized spacial score (nSPS) is 11.1. The van der Waals surface area contributed by atoms with Crippen LogP contribution < -0.4 is 10.9 Å². The molecule has 0 saturated heterocycles. The van der Waals surface area contributed by atoms with Crippen LogP contribution in [0, 0.1) is 0 Å². The van der Waals surface area contributed by atoms with Crippen molar-refractivity contribution in [2.24, 2.45) is 7.05 Å². The van der Waals surface area contributed by atoms with Gasteiger partial charge in [0.05, 0.1) is 11.1 Å². The van der Waals surface area contributed by atoms with Crippen LogP contribution in [0.4, 0.5) is 5.69 Å². The molecule has 0 aliphatic carbocycles. The molecule has 1 amide bonds. The number of rotatable bonds is 3. The van der Waals surface area contributed by atoms with Gasteiger partial charge in [0.1, 0.15) is 0 Å². The Morgan fingerprint density at radius 3 is 2.53 bits per heavy atom. The Kier molecular flexibility index (Phi) is 4.10. The summed E-state index contributed by atoms with van der Waals surface area (Å²) in [5.41, 5.74) is 2.27. The Labute approximate surface area is 170 Å². The molecule has 3 aromatic heterocycles. The van der Waals surface area contributed by atoms with E-state index >= 15 is 0 Å². The van der Waals surface area contributed by atoms with Gasteiger partial charge < -0.3 is 5.32 Å². The van der Waals surface area contributed by atoms with Gasteiger partial charge in [-0.1, -0.05) is 30.3 Å². The van der Waals surface area contributed by atoms with E-state index in [-0.39, 0.29) is 17.2 Å². The monoisotopic (exact) mass is 396 g/mol. The highest BCUT2D eigenvalue weighted by Crippen LogP contribution is 2.21. The molecule has 5 aromatic rings. The van der Waals surface area contributed by atoms with E-state index in [0.717, 1.165) is 11.3 Å². The quantitative estimate of drug-likeness (QED) is 0.506. The highest BCUT2D eigenvalue weighted by molar-refractivity contribution is 6.11. The Morgan fingerprint density at radius 1 is 1.00 bits per heavy atom. The molecule has 0 bridgehead atoms. The highest BCUT2D eigenvalue weighted by atomic mass is 16.2. The maximum Gasteiger partial charge on any atom is 0.276 e. The molecule has 0 unspecified atom stereocenters. The van der Waals surface area contributed by atoms with Gasteiger partial charge in [0.15, 0.2) is 5.69 Å². The molecule has 0 fully saturated rings. The fourth-order valence-electron chi connectivity index (χ4n) is 3.35. The largest absolute Gasteiger partial charge is 0.321 e. The number of anilines is 1. The van der Waals surface area contributed by atoms with Crippen molar-refractivity contribution < 1.29 is 4.79 Å². The number of amides is 1. The Balaban J connectivity index is 1.44. The molecule has 8 heteroatoms. The zero-order valence-corrected chi connectivity index (χ0v) is 16.0. The van der Waals surface area contributed by atoms with Crippen LogP contribution in [-0.2, 0) is 7.05 Å². The van der Waals surface area contributed by atoms with Crippen LogP contribution in [-0.4, -0.2) is 30.1 Å². The molecule has 30 heavy (non-hydrogen) atoms. The molecule has 1 N–H and O–H groups in total. The number of aryl methyl sites for hydroxylation is 1. The second kappa shape index (κ2) is 6.93. The smallest absolute Gasteiger partial charge is 0.276 e. The lowest BCUT2D eigenvalue weighted by Gasteiger charge is -2.09. The van der Waals surface area contributed by atoms with E-state index in [4.69, 9.17) is 0 Å². The van der Waals surface area contributed by atoms with Gasteiger partial charge >= 0.3 is 0 Å². The predicted octanol–water partition coefficient (Wildman–Crippen LogP) is 2.90. The third-order valence-electron chi connectivity index (χ3n) is 4.85. The van der Waals surface area contributed by atoms with Crippen molar-refractivity contribution in [1.29, 1.82) is 0 Å². The fourth-order valence-corrected chi connectivity index (χ4v) is 3.35. The van der Waals surface area contributed by atoms with E-state index in [1.807, 2.05) is 35.0 Å². The van der Waals surface area contributed by atoms with Crippen molar-refractivity contribution in [3.63, 3.8) is 0 Å². The number of aromatic nitrogens is 5. The zero-order chi connectivity index (χ0) is 20.7. The lowest BCUT2D eigenvalue weighted by Crippen LogP contribution is -2.25. The molecule has 5 rings (SSSR count). The number of carbonyl (C=O) groups excluding carboxylic acids is 1. The molecule has 0 aliphatic heterocycles. The van der Waals surface area contributed by atoms with Crippen molar-refractivity contribution in [2.45, 2.75) is 0 Å². The molecule has 146 valence electrons. The van der Waals surface area contributed by atoms with Crippen molar-refractivity contribution in [3.05, 3.63) is 89.2 Å². The lowest BCUT2D eigenvalue weighted by atomic mass is 10.1. The second-order valence-electron chi connectivity index (χ2n) is 6.81. The summed E-state index contributed by atoms with van der Waals surface area (Å²) in [6.45, 7) is 0. The van der Waals surface area contributed by atoms with E-state index in [1.54, 1.807) is 42.6 Å². The number of carbonyl (C=O) groups is 1. The first-order valence-electron chi connectivity index (χ1n) is 9.28. The van der Waals surface area contributed by atoms with E-state index < -0.39 is 0 Å². The summed E-state index contributed by atoms with van der Waals surface area (Å²) in [4.78, 5) is 33.8. The number of nitrogens with one attached hydrogen (secondary N) is 1. The first-order valence-corrected chi connectivity index (χ1v) is 9.28. The second-order valence-corrected chi connectivity index (χ2v) is 6.81. The maximum absolute atomic E-state index is 12.9. The van der Waals surface area contributed by atoms with Crippen molar-refractivity contribution in [1.82, 2.24) is 24.1 Å². The van der Waals surface area contributed by atoms with E-state index in [2.05, 4.69) is 20.4 Å². The topological polar surface area (TPSA) is 94.2 Å². The van der Waals surface area contributed by atoms with Crippen LogP contribution in [0.1, 0.15) is 10.5 Å². The first kappa shape index (κ1) is 17.7. The number of fused-ring (bicyclic) bond motifs is 2. The summed E-state index contributed by atoms with van der Waals surface area (Å²) < 4.78 is 3.03. The zero-order valence-electron chi connectivity index (χ0n) is 16.0. The first-order chi connectivity index (χ1) is 14.6. The minimum atomic E-state index is -0.383. The molecule has 3 heterocycles. The predicted molar refractivity (Wildman–Crippen MR) is 113 cm³/mol. The minimum absolute atomic E-state index is 0.197. The SMILES string of the molecule is Cn1nc(C(=O)Nc2ccc(-c3cn4cccnc4n3)cc2)c2ccccc2c1=O. The summed E-state index contributed by atoms with van der Waals surface area (Å²) in [6, 6.07) is 16.1. The van der Waals surface area contributed by atoms with Crippen LogP contribution >= 0.6 is 0 Å². The number of hydrogen-bond donors (Lipinski definition) is 1. The Hall–Kier alpha value is -4.33. The number of benzene rings is 2. The fraction of sp³-hybridized carbons (Fsp3) is 0.0455. The van der Waals surface area contributed by atoms with Gasteiger partial charge in [-0.15, -0.1) is 0 Å². The standard InChI is InChI=1S/C22H16N6O2/c1-27-21(30)17-6-3-2-5-16(17)19(26-27)20(29)24-15-9-7-14(8-10-15)18-13-28-12-4-11-23-22(28)25-18/h2-13H,1H3,(H,24,29). The molecular weight excluding hydrogens is 380 g/mol. The van der Waals surface area contributed by atoms with Crippen molar-refractivity contribution >= 4 is 28.1 Å². The van der Waals surface area contributed by atoms with E-state index in [1.165, 1.54) is 11.7 Å². The minimum Gasteiger partial charge on any atom is -0.321 e. The molecular formula is C22H16N6O2. The molecule has 0 aliphatic rings. The molecule has 2 aromatic carbocycles. The Bertz CT molecular complexity index is 1430. The third kappa shape index (κ3) is 3.00.